The van der Waals surface area contributed by atoms with Gasteiger partial charge in [0.25, 0.3) is 0 Å². The van der Waals surface area contributed by atoms with E-state index >= 15 is 0 Å². The normalized spacial score (nSPS) is 11.5. The predicted molar refractivity (Wildman–Crippen MR) is 265 cm³/mol. The Hall–Kier alpha value is -2.17. The van der Waals surface area contributed by atoms with Gasteiger partial charge in [-0.2, -0.15) is 0 Å². The molecule has 0 heterocycles. The standard InChI is InChI=1S/C53H86N2.2C2H5.Ni/c1-5-9-13-14-15-16-17-18-19-20-21-22-23-24-25-26-27-28-29-30-31-32-33-36-47-41-43-49(44-42-47)53(50-39-34-37-48(45-50)35-10-6-2)52(40-12-8-4)51(46-55-54)38-11-7-3;2*1-2;/h34,37,39,41-45H,5-33,35-36,38,40H2,1-4H3;2*1H2,2H3;. The predicted octanol–water partition coefficient (Wildman–Crippen LogP) is 19.5. The number of hydrogen-bond donors (Lipinski definition) is 0. The van der Waals surface area contributed by atoms with Crippen molar-refractivity contribution in [1.82, 2.24) is 0 Å². The van der Waals surface area contributed by atoms with Crippen molar-refractivity contribution in [3.63, 3.8) is 0 Å². The molecule has 2 aromatic carbocycles. The van der Waals surface area contributed by atoms with E-state index in [-0.39, 0.29) is 0 Å². The summed E-state index contributed by atoms with van der Waals surface area (Å²) in [6.45, 7) is 13.4. The third-order valence-electron chi connectivity index (χ3n) is 12.1. The van der Waals surface area contributed by atoms with Crippen molar-refractivity contribution in [2.24, 2.45) is 0 Å². The molecule has 0 aliphatic rings. The summed E-state index contributed by atoms with van der Waals surface area (Å²) in [7, 11) is 0. The Labute approximate surface area is 380 Å². The van der Waals surface area contributed by atoms with Crippen LogP contribution in [0.1, 0.15) is 263 Å². The number of benzene rings is 2. The fourth-order valence-electron chi connectivity index (χ4n) is 8.36. The molecule has 3 heteroatoms. The van der Waals surface area contributed by atoms with Crippen molar-refractivity contribution in [2.75, 3.05) is 0 Å². The van der Waals surface area contributed by atoms with Crippen LogP contribution in [0.5, 0.6) is 0 Å². The first-order chi connectivity index (χ1) is 29.6. The van der Waals surface area contributed by atoms with Crippen molar-refractivity contribution >= 4 is 11.4 Å². The Morgan fingerprint density at radius 3 is 1.32 bits per heavy atom. The van der Waals surface area contributed by atoms with E-state index in [9.17, 15) is 5.53 Å². The molecular weight excluding hydrogens is 771 g/mol. The molecule has 2 aromatic rings. The maximum atomic E-state index is 9.65. The summed E-state index contributed by atoms with van der Waals surface area (Å²) in [6, 6.07) is 18.6. The fourth-order valence-corrected chi connectivity index (χ4v) is 8.85. The van der Waals surface area contributed by atoms with Crippen LogP contribution >= 0.6 is 0 Å². The number of hydrogen-bond acceptors (Lipinski definition) is 0. The van der Waals surface area contributed by atoms with Crippen LogP contribution < -0.4 is 0 Å². The van der Waals surface area contributed by atoms with Crippen molar-refractivity contribution in [2.45, 2.75) is 264 Å². The molecule has 0 radical (unpaired) electrons. The van der Waals surface area contributed by atoms with E-state index in [1.807, 2.05) is 14.4 Å². The molecule has 0 spiro atoms. The molecule has 2 rings (SSSR count). The molecule has 0 bridgehead atoms. The molecule has 0 saturated carbocycles. The van der Waals surface area contributed by atoms with Crippen LogP contribution in [-0.4, -0.2) is 10.7 Å². The van der Waals surface area contributed by atoms with Gasteiger partial charge in [0, 0.05) is 0 Å². The number of nitrogens with zero attached hydrogens (tertiary/aromatic N) is 2. The monoisotopic (exact) mass is 867 g/mol. The van der Waals surface area contributed by atoms with Crippen LogP contribution in [0.3, 0.4) is 0 Å². The van der Waals surface area contributed by atoms with Gasteiger partial charge in [-0.1, -0.05) is 237 Å². The number of unbranched alkanes of at least 4 members (excludes halogenated alkanes) is 25. The fraction of sp³-hybridized carbons (Fsp3) is 0.719. The van der Waals surface area contributed by atoms with Gasteiger partial charge < -0.3 is 5.53 Å². The van der Waals surface area contributed by atoms with Crippen LogP contribution in [0.4, 0.5) is 0 Å². The Kier molecular flexibility index (Phi) is 39.2. The number of allylic oxidation sites excluding steroid dienone is 2. The molecular formula is C57H96N2Ni. The topological polar surface area (TPSA) is 36.4 Å². The summed E-state index contributed by atoms with van der Waals surface area (Å²) in [5, 5.41) is 2.56. The van der Waals surface area contributed by atoms with Crippen molar-refractivity contribution in [1.29, 1.82) is 0 Å². The summed E-state index contributed by atoms with van der Waals surface area (Å²) in [5.41, 5.74) is 18.7. The molecule has 0 unspecified atom stereocenters. The average Bonchev–Trinajstić information content (AvgIpc) is 3.27. The van der Waals surface area contributed by atoms with Crippen LogP contribution in [-0.2, 0) is 27.3 Å². The Morgan fingerprint density at radius 1 is 0.450 bits per heavy atom. The first kappa shape index (κ1) is 55.9. The minimum atomic E-state index is 0.885. The molecule has 0 aliphatic carbocycles. The van der Waals surface area contributed by atoms with E-state index < -0.39 is 0 Å². The maximum absolute atomic E-state index is 9.65. The van der Waals surface area contributed by atoms with E-state index in [0.29, 0.717) is 0 Å². The summed E-state index contributed by atoms with van der Waals surface area (Å²) in [6.07, 6.45) is 43.9. The van der Waals surface area contributed by atoms with Crippen molar-refractivity contribution in [3.8, 4) is 0 Å². The molecule has 0 fully saturated rings. The summed E-state index contributed by atoms with van der Waals surface area (Å²) < 4.78 is 0. The Balaban J connectivity index is 0.00000338. The zero-order valence-electron chi connectivity index (χ0n) is 40.6. The van der Waals surface area contributed by atoms with Gasteiger partial charge in [-0.3, -0.25) is 0 Å². The summed E-state index contributed by atoms with van der Waals surface area (Å²) >= 11 is 1.82. The van der Waals surface area contributed by atoms with Gasteiger partial charge in [0.1, 0.15) is 0 Å². The van der Waals surface area contributed by atoms with E-state index in [1.165, 1.54) is 205 Å². The van der Waals surface area contributed by atoms with Gasteiger partial charge in [-0.05, 0) is 84.8 Å². The second-order valence-corrected chi connectivity index (χ2v) is 19.3. The van der Waals surface area contributed by atoms with Gasteiger partial charge in [0.05, 0.1) is 5.57 Å². The third-order valence-corrected chi connectivity index (χ3v) is 13.1. The van der Waals surface area contributed by atoms with Gasteiger partial charge in [-0.15, -0.1) is 4.79 Å². The van der Waals surface area contributed by atoms with Gasteiger partial charge in [0.2, 0.25) is 0 Å². The van der Waals surface area contributed by atoms with Crippen LogP contribution in [0.25, 0.3) is 11.1 Å². The van der Waals surface area contributed by atoms with Crippen LogP contribution in [0.15, 0.2) is 59.7 Å². The van der Waals surface area contributed by atoms with Crippen molar-refractivity contribution in [3.05, 3.63) is 87.5 Å². The molecule has 0 aliphatic heterocycles. The molecule has 2 nitrogen and oxygen atoms in total. The number of rotatable bonds is 38. The van der Waals surface area contributed by atoms with Crippen molar-refractivity contribution < 1.29 is 19.2 Å². The molecule has 0 N–H and O–H groups in total. The van der Waals surface area contributed by atoms with E-state index in [0.717, 1.165) is 56.9 Å². The van der Waals surface area contributed by atoms with E-state index in [4.69, 9.17) is 0 Å². The average molecular weight is 868 g/mol. The molecule has 0 atom stereocenters. The Bertz CT molecular complexity index is 1370. The third kappa shape index (κ3) is 29.2. The SMILES string of the molecule is CCCCCCCCCCCCCCCCCCCCCCCCCc1ccc(C(=C(CCCC)C(=C=[N+]=[N-])CCCC)c2cccc(CCCC)c2)cc1.C[CH2][Ni][CH2]C. The first-order valence-corrected chi connectivity index (χ1v) is 27.3. The zero-order valence-corrected chi connectivity index (χ0v) is 41.6. The quantitative estimate of drug-likeness (QED) is 0.0161. The van der Waals surface area contributed by atoms with E-state index in [1.54, 1.807) is 0 Å². The zero-order chi connectivity index (χ0) is 43.6. The number of aryl methyl sites for hydroxylation is 2. The molecule has 0 amide bonds. The molecule has 0 aromatic heterocycles. The first-order valence-electron chi connectivity index (χ1n) is 25.9. The second-order valence-electron chi connectivity index (χ2n) is 17.4. The van der Waals surface area contributed by atoms with Gasteiger partial charge in [0.15, 0.2) is 0 Å². The van der Waals surface area contributed by atoms with Crippen LogP contribution in [0, 0.1) is 0 Å². The summed E-state index contributed by atoms with van der Waals surface area (Å²) in [4.78, 5) is 3.44. The van der Waals surface area contributed by atoms with Gasteiger partial charge in [-0.25, -0.2) is 0 Å². The molecule has 344 valence electrons. The molecule has 0 saturated heterocycles. The van der Waals surface area contributed by atoms with Crippen LogP contribution in [0.2, 0.25) is 10.8 Å². The molecule has 60 heavy (non-hydrogen) atoms. The minimum absolute atomic E-state index is 0.885. The second kappa shape index (κ2) is 42.1. The van der Waals surface area contributed by atoms with Gasteiger partial charge >= 0.3 is 44.9 Å². The Morgan fingerprint density at radius 2 is 0.883 bits per heavy atom. The summed E-state index contributed by atoms with van der Waals surface area (Å²) in [5.74, 6) is 3.03. The van der Waals surface area contributed by atoms with E-state index in [2.05, 4.69) is 101 Å².